The van der Waals surface area contributed by atoms with Gasteiger partial charge in [0.15, 0.2) is 0 Å². The van der Waals surface area contributed by atoms with Crippen LogP contribution in [0.4, 0.5) is 5.69 Å². The number of hydrogen-bond acceptors (Lipinski definition) is 5. The van der Waals surface area contributed by atoms with E-state index in [0.717, 1.165) is 42.7 Å². The third-order valence-corrected chi connectivity index (χ3v) is 7.03. The zero-order chi connectivity index (χ0) is 25.3. The van der Waals surface area contributed by atoms with Crippen LogP contribution in [0.25, 0.3) is 0 Å². The zero-order valence-electron chi connectivity index (χ0n) is 21.0. The van der Waals surface area contributed by atoms with Gasteiger partial charge in [-0.1, -0.05) is 44.4 Å². The van der Waals surface area contributed by atoms with Gasteiger partial charge in [0.1, 0.15) is 12.4 Å². The molecule has 0 saturated heterocycles. The maximum absolute atomic E-state index is 13.2. The summed E-state index contributed by atoms with van der Waals surface area (Å²) >= 11 is 0. The molecule has 1 saturated carbocycles. The first-order chi connectivity index (χ1) is 17.5. The average Bonchev–Trinajstić information content (AvgIpc) is 2.90. The molecule has 1 heterocycles. The Hall–Kier alpha value is -3.35. The Morgan fingerprint density at radius 2 is 1.81 bits per heavy atom. The fraction of sp³-hybridized carbons (Fsp3) is 0.483. The molecule has 7 nitrogen and oxygen atoms in total. The van der Waals surface area contributed by atoms with Crippen LogP contribution >= 0.6 is 0 Å². The molecule has 2 aromatic rings. The molecular weight excluding hydrogens is 456 g/mol. The predicted octanol–water partition coefficient (Wildman–Crippen LogP) is 5.31. The lowest BCUT2D eigenvalue weighted by Crippen LogP contribution is -2.43. The fourth-order valence-electron chi connectivity index (χ4n) is 5.10. The highest BCUT2D eigenvalue weighted by molar-refractivity contribution is 5.94. The summed E-state index contributed by atoms with van der Waals surface area (Å²) in [7, 11) is 0. The lowest BCUT2D eigenvalue weighted by molar-refractivity contribution is -0.135. The predicted molar refractivity (Wildman–Crippen MR) is 138 cm³/mol. The van der Waals surface area contributed by atoms with Gasteiger partial charge >= 0.3 is 5.97 Å². The van der Waals surface area contributed by atoms with E-state index in [-0.39, 0.29) is 36.4 Å². The summed E-state index contributed by atoms with van der Waals surface area (Å²) in [4.78, 5) is 39.1. The van der Waals surface area contributed by atoms with Gasteiger partial charge in [0.2, 0.25) is 11.8 Å². The van der Waals surface area contributed by atoms with Crippen LogP contribution in [-0.4, -0.2) is 48.5 Å². The van der Waals surface area contributed by atoms with Crippen molar-refractivity contribution in [1.29, 1.82) is 0 Å². The van der Waals surface area contributed by atoms with Crippen LogP contribution in [0.1, 0.15) is 80.1 Å². The lowest BCUT2D eigenvalue weighted by Gasteiger charge is -2.34. The highest BCUT2D eigenvalue weighted by Crippen LogP contribution is 2.34. The minimum Gasteiger partial charge on any atom is -0.494 e. The minimum atomic E-state index is -0.362. The van der Waals surface area contributed by atoms with Gasteiger partial charge in [0.05, 0.1) is 18.7 Å². The Morgan fingerprint density at radius 1 is 1.03 bits per heavy atom. The van der Waals surface area contributed by atoms with E-state index in [2.05, 4.69) is 5.32 Å². The Labute approximate surface area is 213 Å². The van der Waals surface area contributed by atoms with E-state index in [9.17, 15) is 14.4 Å². The van der Waals surface area contributed by atoms with Crippen molar-refractivity contribution in [3.8, 4) is 5.75 Å². The van der Waals surface area contributed by atoms with Crippen LogP contribution in [0.15, 0.2) is 48.5 Å². The number of ether oxygens (including phenoxy) is 2. The second kappa shape index (κ2) is 12.6. The van der Waals surface area contributed by atoms with E-state index >= 15 is 0 Å². The molecule has 1 atom stereocenters. The molecule has 1 aliphatic heterocycles. The molecule has 7 heteroatoms. The van der Waals surface area contributed by atoms with E-state index in [1.807, 2.05) is 36.1 Å². The Balaban J connectivity index is 1.26. The van der Waals surface area contributed by atoms with E-state index in [4.69, 9.17) is 9.47 Å². The largest absolute Gasteiger partial charge is 0.494 e. The maximum atomic E-state index is 13.2. The minimum absolute atomic E-state index is 0.0412. The second-order valence-corrected chi connectivity index (χ2v) is 9.74. The van der Waals surface area contributed by atoms with Crippen LogP contribution in [-0.2, 0) is 14.3 Å². The zero-order valence-corrected chi connectivity index (χ0v) is 21.0. The molecule has 0 radical (unpaired) electrons. The molecule has 2 aliphatic rings. The highest BCUT2D eigenvalue weighted by atomic mass is 16.5. The summed E-state index contributed by atoms with van der Waals surface area (Å²) in [5.41, 5.74) is 2.44. The second-order valence-electron chi connectivity index (χ2n) is 9.74. The third kappa shape index (κ3) is 6.86. The number of nitrogens with zero attached hydrogens (tertiary/aromatic N) is 1. The topological polar surface area (TPSA) is 84.9 Å². The normalized spacial score (nSPS) is 17.6. The summed E-state index contributed by atoms with van der Waals surface area (Å²) < 4.78 is 11.4. The monoisotopic (exact) mass is 492 g/mol. The van der Waals surface area contributed by atoms with Gasteiger partial charge in [-0.15, -0.1) is 0 Å². The lowest BCUT2D eigenvalue weighted by atomic mass is 9.92. The standard InChI is InChI=1S/C29H36N2O5/c1-21-19-27(32)30-26-15-14-24(20-25(21)26)35-17-8-13-28(33)31(23-11-6-3-7-12-23)16-18-36-29(34)22-9-4-2-5-10-22/h2,4-5,9-10,14-15,20-21,23H,3,6-8,11-13,16-19H2,1H3,(H,30,32). The van der Waals surface area contributed by atoms with Crippen molar-refractivity contribution in [2.45, 2.75) is 70.3 Å². The van der Waals surface area contributed by atoms with Gasteiger partial charge in [-0.3, -0.25) is 9.59 Å². The Kier molecular flexibility index (Phi) is 8.98. The number of carbonyl (C=O) groups excluding carboxylic acids is 3. The number of hydrogen-bond donors (Lipinski definition) is 1. The molecule has 1 fully saturated rings. The van der Waals surface area contributed by atoms with Gasteiger partial charge < -0.3 is 19.7 Å². The average molecular weight is 493 g/mol. The maximum Gasteiger partial charge on any atom is 0.338 e. The summed E-state index contributed by atoms with van der Waals surface area (Å²) in [6.45, 7) is 3.08. The number of amides is 2. The van der Waals surface area contributed by atoms with Gasteiger partial charge in [-0.2, -0.15) is 0 Å². The third-order valence-electron chi connectivity index (χ3n) is 7.03. The molecule has 1 aliphatic carbocycles. The number of nitrogens with one attached hydrogen (secondary N) is 1. The number of fused-ring (bicyclic) bond motifs is 1. The first-order valence-corrected chi connectivity index (χ1v) is 13.1. The Bertz CT molecular complexity index is 1050. The molecule has 36 heavy (non-hydrogen) atoms. The van der Waals surface area contributed by atoms with Crippen molar-refractivity contribution in [2.75, 3.05) is 25.1 Å². The van der Waals surface area contributed by atoms with Gasteiger partial charge in [-0.25, -0.2) is 4.79 Å². The number of benzene rings is 2. The molecule has 0 aromatic heterocycles. The number of esters is 1. The van der Waals surface area contributed by atoms with Crippen molar-refractivity contribution < 1.29 is 23.9 Å². The molecule has 2 aromatic carbocycles. The molecule has 192 valence electrons. The molecular formula is C29H36N2O5. The van der Waals surface area contributed by atoms with Crippen LogP contribution in [0, 0.1) is 0 Å². The first kappa shape index (κ1) is 25.7. The number of anilines is 1. The number of rotatable bonds is 10. The van der Waals surface area contributed by atoms with Crippen molar-refractivity contribution >= 4 is 23.5 Å². The molecule has 1 N–H and O–H groups in total. The van der Waals surface area contributed by atoms with Crippen LogP contribution in [0.5, 0.6) is 5.75 Å². The van der Waals surface area contributed by atoms with E-state index in [1.54, 1.807) is 24.3 Å². The van der Waals surface area contributed by atoms with Crippen LogP contribution < -0.4 is 10.1 Å². The fourth-order valence-corrected chi connectivity index (χ4v) is 5.10. The molecule has 4 rings (SSSR count). The summed E-state index contributed by atoms with van der Waals surface area (Å²) in [5.74, 6) is 0.668. The van der Waals surface area contributed by atoms with Gasteiger partial charge in [0, 0.05) is 24.6 Å². The van der Waals surface area contributed by atoms with Gasteiger partial charge in [-0.05, 0) is 61.1 Å². The van der Waals surface area contributed by atoms with Gasteiger partial charge in [0.25, 0.3) is 0 Å². The van der Waals surface area contributed by atoms with Crippen LogP contribution in [0.2, 0.25) is 0 Å². The summed E-state index contributed by atoms with van der Waals surface area (Å²) in [6.07, 6.45) is 6.92. The quantitative estimate of drug-likeness (QED) is 0.359. The molecule has 0 bridgehead atoms. The smallest absolute Gasteiger partial charge is 0.338 e. The SMILES string of the molecule is CC1CC(=O)Nc2ccc(OCCCC(=O)N(CCOC(=O)c3ccccc3)C3CCCCC3)cc21. The highest BCUT2D eigenvalue weighted by Gasteiger charge is 2.26. The van der Waals surface area contributed by atoms with Crippen molar-refractivity contribution in [2.24, 2.45) is 0 Å². The molecule has 1 unspecified atom stereocenters. The Morgan fingerprint density at radius 3 is 2.58 bits per heavy atom. The van der Waals surface area contributed by atoms with Crippen molar-refractivity contribution in [3.05, 3.63) is 59.7 Å². The number of carbonyl (C=O) groups is 3. The summed E-state index contributed by atoms with van der Waals surface area (Å²) in [6, 6.07) is 14.8. The van der Waals surface area contributed by atoms with E-state index in [1.165, 1.54) is 6.42 Å². The van der Waals surface area contributed by atoms with Crippen LogP contribution in [0.3, 0.4) is 0 Å². The van der Waals surface area contributed by atoms with Crippen molar-refractivity contribution in [3.63, 3.8) is 0 Å². The van der Waals surface area contributed by atoms with E-state index < -0.39 is 0 Å². The van der Waals surface area contributed by atoms with E-state index in [0.29, 0.717) is 38.0 Å². The summed E-state index contributed by atoms with van der Waals surface area (Å²) in [5, 5.41) is 2.90. The first-order valence-electron chi connectivity index (χ1n) is 13.1. The molecule has 2 amide bonds. The molecule has 0 spiro atoms. The van der Waals surface area contributed by atoms with Crippen molar-refractivity contribution in [1.82, 2.24) is 4.90 Å².